The number of nitrogens with two attached hydrogens (primary N) is 1. The number of ether oxygens (including phenoxy) is 2. The second-order valence-corrected chi connectivity index (χ2v) is 12.1. The molecular formula is C30H38N6O5. The van der Waals surface area contributed by atoms with Crippen LogP contribution in [0.15, 0.2) is 24.4 Å². The summed E-state index contributed by atoms with van der Waals surface area (Å²) in [6.07, 6.45) is 8.36. The highest BCUT2D eigenvalue weighted by Gasteiger charge is 2.32. The van der Waals surface area contributed by atoms with E-state index in [1.165, 1.54) is 0 Å². The van der Waals surface area contributed by atoms with Crippen molar-refractivity contribution in [2.24, 2.45) is 5.73 Å². The molecule has 3 aromatic rings. The van der Waals surface area contributed by atoms with E-state index in [2.05, 4.69) is 20.7 Å². The number of hydrogen-bond acceptors (Lipinski definition) is 8. The summed E-state index contributed by atoms with van der Waals surface area (Å²) in [4.78, 5) is 30.0. The van der Waals surface area contributed by atoms with Crippen LogP contribution in [0.4, 0.5) is 5.82 Å². The van der Waals surface area contributed by atoms with Crippen LogP contribution in [-0.2, 0) is 6.42 Å². The highest BCUT2D eigenvalue weighted by atomic mass is 16.5. The lowest BCUT2D eigenvalue weighted by Gasteiger charge is -2.30. The van der Waals surface area contributed by atoms with Crippen molar-refractivity contribution in [3.8, 4) is 11.6 Å². The van der Waals surface area contributed by atoms with Crippen LogP contribution >= 0.6 is 0 Å². The fourth-order valence-corrected chi connectivity index (χ4v) is 5.72. The Kier molecular flexibility index (Phi) is 7.23. The van der Waals surface area contributed by atoms with Gasteiger partial charge in [-0.3, -0.25) is 9.59 Å². The van der Waals surface area contributed by atoms with E-state index < -0.39 is 11.5 Å². The van der Waals surface area contributed by atoms with Gasteiger partial charge < -0.3 is 30.9 Å². The van der Waals surface area contributed by atoms with Crippen LogP contribution in [0.2, 0.25) is 0 Å². The Morgan fingerprint density at radius 1 is 1.17 bits per heavy atom. The van der Waals surface area contributed by atoms with Crippen molar-refractivity contribution < 1.29 is 24.2 Å². The number of amides is 2. The minimum atomic E-state index is -0.951. The number of nitrogens with zero attached hydrogens (tertiary/aromatic N) is 3. The predicted octanol–water partition coefficient (Wildman–Crippen LogP) is 3.33. The van der Waals surface area contributed by atoms with Crippen molar-refractivity contribution >= 4 is 23.1 Å². The normalized spacial score (nSPS) is 20.7. The van der Waals surface area contributed by atoms with E-state index in [0.717, 1.165) is 80.5 Å². The fourth-order valence-electron chi connectivity index (χ4n) is 5.72. The van der Waals surface area contributed by atoms with Gasteiger partial charge in [0.1, 0.15) is 29.8 Å². The summed E-state index contributed by atoms with van der Waals surface area (Å²) in [5.74, 6) is 1.36. The third-order valence-electron chi connectivity index (χ3n) is 8.00. The summed E-state index contributed by atoms with van der Waals surface area (Å²) in [5, 5.41) is 21.1. The Morgan fingerprint density at radius 3 is 2.66 bits per heavy atom. The van der Waals surface area contributed by atoms with Crippen LogP contribution < -0.4 is 25.8 Å². The maximum atomic E-state index is 13.3. The largest absolute Gasteiger partial charge is 0.489 e. The van der Waals surface area contributed by atoms with Gasteiger partial charge in [0.05, 0.1) is 28.6 Å². The minimum absolute atomic E-state index is 0.00312. The lowest BCUT2D eigenvalue weighted by atomic mass is 9.92. The van der Waals surface area contributed by atoms with Crippen LogP contribution in [0.25, 0.3) is 5.52 Å². The van der Waals surface area contributed by atoms with Crippen LogP contribution in [0.3, 0.4) is 0 Å². The molecule has 4 heterocycles. The Balaban J connectivity index is 1.10. The highest BCUT2D eigenvalue weighted by Crippen LogP contribution is 2.44. The molecular weight excluding hydrogens is 524 g/mol. The van der Waals surface area contributed by atoms with Gasteiger partial charge in [0.2, 0.25) is 5.88 Å². The van der Waals surface area contributed by atoms with E-state index in [-0.39, 0.29) is 30.5 Å². The Hall–Kier alpha value is -3.86. The molecule has 3 aromatic heterocycles. The molecule has 2 amide bonds. The zero-order valence-electron chi connectivity index (χ0n) is 23.6. The van der Waals surface area contributed by atoms with E-state index in [1.54, 1.807) is 26.1 Å². The zero-order valence-corrected chi connectivity index (χ0v) is 23.6. The van der Waals surface area contributed by atoms with Gasteiger partial charge in [0.15, 0.2) is 0 Å². The lowest BCUT2D eigenvalue weighted by Crippen LogP contribution is -2.39. The number of pyridine rings is 2. The monoisotopic (exact) mass is 562 g/mol. The van der Waals surface area contributed by atoms with Gasteiger partial charge in [0, 0.05) is 18.5 Å². The fraction of sp³-hybridized carbons (Fsp3) is 0.533. The topological polar surface area (TPSA) is 153 Å². The first-order chi connectivity index (χ1) is 19.7. The molecule has 2 saturated carbocycles. The number of anilines is 1. The molecule has 0 radical (unpaired) electrons. The molecule has 1 aliphatic heterocycles. The van der Waals surface area contributed by atoms with Crippen molar-refractivity contribution in [1.82, 2.24) is 19.9 Å². The van der Waals surface area contributed by atoms with E-state index in [4.69, 9.17) is 15.2 Å². The molecule has 0 atom stereocenters. The quantitative estimate of drug-likeness (QED) is 0.310. The maximum Gasteiger partial charge on any atom is 0.255 e. The molecule has 0 unspecified atom stereocenters. The zero-order chi connectivity index (χ0) is 28.7. The third-order valence-corrected chi connectivity index (χ3v) is 8.00. The highest BCUT2D eigenvalue weighted by molar-refractivity contribution is 6.01. The number of aromatic nitrogens is 3. The molecule has 5 N–H and O–H groups in total. The smallest absolute Gasteiger partial charge is 0.255 e. The predicted molar refractivity (Wildman–Crippen MR) is 153 cm³/mol. The number of aliphatic hydroxyl groups is 1. The van der Waals surface area contributed by atoms with Crippen molar-refractivity contribution in [1.29, 1.82) is 0 Å². The van der Waals surface area contributed by atoms with Crippen molar-refractivity contribution in [2.45, 2.75) is 88.9 Å². The number of aryl methyl sites for hydroxylation is 1. The molecule has 11 nitrogen and oxygen atoms in total. The molecule has 2 aliphatic carbocycles. The van der Waals surface area contributed by atoms with E-state index in [1.807, 2.05) is 16.6 Å². The molecule has 0 saturated heterocycles. The van der Waals surface area contributed by atoms with Gasteiger partial charge in [0.25, 0.3) is 11.8 Å². The van der Waals surface area contributed by atoms with Gasteiger partial charge in [-0.25, -0.2) is 4.52 Å². The third kappa shape index (κ3) is 5.95. The van der Waals surface area contributed by atoms with Crippen LogP contribution in [-0.4, -0.2) is 62.4 Å². The maximum absolute atomic E-state index is 13.3. The molecule has 218 valence electrons. The number of rotatable bonds is 9. The standard InChI is InChI=1S/C30H38N6O5/c1-30(2,39)16-40-24-12-11-23-22(15-33-36(23)25(24)17-5-6-17)28(38)34-19-7-9-20(10-8-19)41-29-21(26(31)37)14-18-4-3-13-32-27(18)35-29/h11-12,14-15,17,19-20,39H,3-10,13,16H2,1-2H3,(H2,31,37)(H,32,35)(H,34,38). The lowest BCUT2D eigenvalue weighted by molar-refractivity contribution is 0.0279. The molecule has 0 bridgehead atoms. The average molecular weight is 563 g/mol. The number of nitrogens with one attached hydrogen (secondary N) is 2. The number of carbonyl (C=O) groups is 2. The molecule has 0 aromatic carbocycles. The Morgan fingerprint density at radius 2 is 1.95 bits per heavy atom. The van der Waals surface area contributed by atoms with Crippen molar-refractivity contribution in [3.63, 3.8) is 0 Å². The van der Waals surface area contributed by atoms with E-state index in [0.29, 0.717) is 22.8 Å². The number of carbonyl (C=O) groups excluding carboxylic acids is 2. The average Bonchev–Trinajstić information content (AvgIpc) is 3.69. The SMILES string of the molecule is CC(C)(O)COc1ccc2c(C(=O)NC3CCC(Oc4nc5c(cc4C(N)=O)CCCN5)CC3)cnn2c1C1CC1. The van der Waals surface area contributed by atoms with E-state index in [9.17, 15) is 14.7 Å². The summed E-state index contributed by atoms with van der Waals surface area (Å²) < 4.78 is 13.9. The summed E-state index contributed by atoms with van der Waals surface area (Å²) in [7, 11) is 0. The first-order valence-electron chi connectivity index (χ1n) is 14.6. The van der Waals surface area contributed by atoms with Crippen LogP contribution in [0.5, 0.6) is 11.6 Å². The minimum Gasteiger partial charge on any atom is -0.489 e. The summed E-state index contributed by atoms with van der Waals surface area (Å²) in [6.45, 7) is 4.42. The first kappa shape index (κ1) is 27.3. The molecule has 3 aliphatic rings. The second-order valence-electron chi connectivity index (χ2n) is 12.1. The summed E-state index contributed by atoms with van der Waals surface area (Å²) >= 11 is 0. The molecule has 6 rings (SSSR count). The van der Waals surface area contributed by atoms with Gasteiger partial charge in [-0.05, 0) is 89.0 Å². The van der Waals surface area contributed by atoms with Crippen LogP contribution in [0.1, 0.15) is 96.7 Å². The molecule has 2 fully saturated rings. The first-order valence-corrected chi connectivity index (χ1v) is 14.6. The van der Waals surface area contributed by atoms with Gasteiger partial charge in [-0.2, -0.15) is 10.1 Å². The number of fused-ring (bicyclic) bond motifs is 2. The van der Waals surface area contributed by atoms with Gasteiger partial charge in [-0.15, -0.1) is 0 Å². The van der Waals surface area contributed by atoms with Gasteiger partial charge >= 0.3 is 0 Å². The molecule has 11 heteroatoms. The molecule has 41 heavy (non-hydrogen) atoms. The number of hydrogen-bond donors (Lipinski definition) is 4. The van der Waals surface area contributed by atoms with Crippen LogP contribution in [0, 0.1) is 0 Å². The van der Waals surface area contributed by atoms with E-state index >= 15 is 0 Å². The summed E-state index contributed by atoms with van der Waals surface area (Å²) in [6, 6.07) is 5.53. The Bertz CT molecular complexity index is 1470. The van der Waals surface area contributed by atoms with Gasteiger partial charge in [-0.1, -0.05) is 0 Å². The summed E-state index contributed by atoms with van der Waals surface area (Å²) in [5.41, 5.74) is 8.20. The van der Waals surface area contributed by atoms with Crippen molar-refractivity contribution in [2.75, 3.05) is 18.5 Å². The number of primary amides is 1. The molecule has 0 spiro atoms. The Labute approximate surface area is 238 Å². The second kappa shape index (κ2) is 10.8. The van der Waals surface area contributed by atoms with Crippen molar-refractivity contribution in [3.05, 3.63) is 46.8 Å².